The zero-order chi connectivity index (χ0) is 22.0. The van der Waals surface area contributed by atoms with Crippen LogP contribution >= 0.6 is 0 Å². The molecule has 12 heteroatoms. The van der Waals surface area contributed by atoms with E-state index in [1.807, 2.05) is 11.0 Å². The summed E-state index contributed by atoms with van der Waals surface area (Å²) in [4.78, 5) is 31.9. The molecule has 4 rings (SSSR count). The Balaban J connectivity index is 1.30. The Morgan fingerprint density at radius 2 is 2.06 bits per heavy atom. The summed E-state index contributed by atoms with van der Waals surface area (Å²) in [5.41, 5.74) is 0.131. The van der Waals surface area contributed by atoms with Gasteiger partial charge in [-0.05, 0) is 18.6 Å². The number of nitriles is 1. The van der Waals surface area contributed by atoms with Crippen molar-refractivity contribution in [3.05, 3.63) is 24.1 Å². The average Bonchev–Trinajstić information content (AvgIpc) is 3.50. The van der Waals surface area contributed by atoms with Crippen LogP contribution in [0.15, 0.2) is 27.2 Å². The third kappa shape index (κ3) is 4.56. The topological polar surface area (TPSA) is 147 Å². The van der Waals surface area contributed by atoms with Crippen LogP contribution in [0.4, 0.5) is 5.88 Å². The van der Waals surface area contributed by atoms with Crippen LogP contribution in [0.1, 0.15) is 12.1 Å². The molecule has 2 saturated heterocycles. The van der Waals surface area contributed by atoms with Crippen LogP contribution in [0, 0.1) is 17.2 Å². The number of anilines is 1. The van der Waals surface area contributed by atoms with Gasteiger partial charge in [-0.15, -0.1) is 0 Å². The number of piperazine rings is 1. The summed E-state index contributed by atoms with van der Waals surface area (Å²) < 4.78 is 38.9. The van der Waals surface area contributed by atoms with Crippen LogP contribution in [-0.2, 0) is 24.2 Å². The van der Waals surface area contributed by atoms with Crippen LogP contribution in [-0.4, -0.2) is 74.5 Å². The van der Waals surface area contributed by atoms with Crippen molar-refractivity contribution >= 4 is 27.6 Å². The number of hydrogen-bond donors (Lipinski definition) is 0. The molecule has 0 spiro atoms. The van der Waals surface area contributed by atoms with Crippen molar-refractivity contribution in [1.82, 2.24) is 9.88 Å². The molecule has 1 unspecified atom stereocenters. The highest BCUT2D eigenvalue weighted by atomic mass is 32.2. The monoisotopic (exact) mass is 448 g/mol. The van der Waals surface area contributed by atoms with Crippen molar-refractivity contribution in [3.63, 3.8) is 0 Å². The Bertz CT molecular complexity index is 1110. The molecular weight excluding hydrogens is 428 g/mol. The number of oxazole rings is 1. The number of aromatic nitrogens is 1. The van der Waals surface area contributed by atoms with E-state index in [4.69, 9.17) is 13.6 Å². The van der Waals surface area contributed by atoms with E-state index in [0.717, 1.165) is 0 Å². The minimum absolute atomic E-state index is 0.0311. The van der Waals surface area contributed by atoms with Crippen molar-refractivity contribution < 1.29 is 31.6 Å². The Morgan fingerprint density at radius 1 is 1.29 bits per heavy atom. The molecule has 11 nitrogen and oxygen atoms in total. The van der Waals surface area contributed by atoms with Crippen LogP contribution < -0.4 is 4.90 Å². The molecule has 2 fully saturated rings. The molecule has 0 aromatic carbocycles. The first kappa shape index (κ1) is 20.9. The Kier molecular flexibility index (Phi) is 5.69. The quantitative estimate of drug-likeness (QED) is 0.590. The standard InChI is InChI=1S/C19H20N4O7S/c20-10-14-18(30-17(21-14)15-2-1-8-28-15)23-6-4-22(5-7-23)16(24)11-29-19(25)13-3-9-31(26,27)12-13/h1-2,8,13H,3-7,9,11-12H2. The fraction of sp³-hybridized carbons (Fsp3) is 0.474. The smallest absolute Gasteiger partial charge is 0.310 e. The van der Waals surface area contributed by atoms with E-state index in [2.05, 4.69) is 4.98 Å². The van der Waals surface area contributed by atoms with Gasteiger partial charge in [-0.25, -0.2) is 8.42 Å². The number of esters is 1. The first-order valence-corrected chi connectivity index (χ1v) is 11.5. The number of carbonyl (C=O) groups excluding carboxylic acids is 2. The lowest BCUT2D eigenvalue weighted by molar-refractivity contribution is -0.155. The lowest BCUT2D eigenvalue weighted by Crippen LogP contribution is -2.50. The summed E-state index contributed by atoms with van der Waals surface area (Å²) in [7, 11) is -3.20. The summed E-state index contributed by atoms with van der Waals surface area (Å²) in [6.45, 7) is 1.07. The molecule has 0 N–H and O–H groups in total. The number of carbonyl (C=O) groups is 2. The normalized spacial score (nSPS) is 20.4. The number of ether oxygens (including phenoxy) is 1. The van der Waals surface area contributed by atoms with E-state index in [9.17, 15) is 23.3 Å². The minimum Gasteiger partial charge on any atom is -0.459 e. The van der Waals surface area contributed by atoms with Gasteiger partial charge in [0.15, 0.2) is 22.2 Å². The van der Waals surface area contributed by atoms with E-state index < -0.39 is 28.3 Å². The minimum atomic E-state index is -3.20. The summed E-state index contributed by atoms with van der Waals surface area (Å²) in [6, 6.07) is 5.37. The number of sulfone groups is 1. The molecule has 4 heterocycles. The number of nitrogens with zero attached hydrogens (tertiary/aromatic N) is 4. The summed E-state index contributed by atoms with van der Waals surface area (Å²) >= 11 is 0. The van der Waals surface area contributed by atoms with Gasteiger partial charge in [0.2, 0.25) is 11.6 Å². The zero-order valence-corrected chi connectivity index (χ0v) is 17.3. The van der Waals surface area contributed by atoms with Gasteiger partial charge in [0.05, 0.1) is 23.7 Å². The van der Waals surface area contributed by atoms with E-state index in [1.165, 1.54) is 6.26 Å². The predicted molar refractivity (Wildman–Crippen MR) is 105 cm³/mol. The van der Waals surface area contributed by atoms with Gasteiger partial charge in [-0.2, -0.15) is 10.2 Å². The second kappa shape index (κ2) is 8.43. The van der Waals surface area contributed by atoms with Gasteiger partial charge in [0.25, 0.3) is 11.8 Å². The number of amides is 1. The summed E-state index contributed by atoms with van der Waals surface area (Å²) in [5, 5.41) is 9.36. The fourth-order valence-electron chi connectivity index (χ4n) is 3.59. The molecule has 164 valence electrons. The van der Waals surface area contributed by atoms with Crippen LogP contribution in [0.25, 0.3) is 11.7 Å². The molecule has 0 aliphatic carbocycles. The lowest BCUT2D eigenvalue weighted by Gasteiger charge is -2.34. The largest absolute Gasteiger partial charge is 0.459 e. The molecule has 2 aliphatic rings. The third-order valence-corrected chi connectivity index (χ3v) is 7.04. The third-order valence-electron chi connectivity index (χ3n) is 5.27. The highest BCUT2D eigenvalue weighted by Gasteiger charge is 2.35. The molecule has 0 saturated carbocycles. The predicted octanol–water partition coefficient (Wildman–Crippen LogP) is 0.433. The molecule has 1 amide bonds. The number of furan rings is 1. The molecule has 1 atom stereocenters. The van der Waals surface area contributed by atoms with Crippen molar-refractivity contribution in [1.29, 1.82) is 5.26 Å². The molecule has 2 aromatic heterocycles. The Morgan fingerprint density at radius 3 is 2.68 bits per heavy atom. The van der Waals surface area contributed by atoms with E-state index >= 15 is 0 Å². The number of rotatable bonds is 5. The molecule has 0 radical (unpaired) electrons. The number of hydrogen-bond acceptors (Lipinski definition) is 10. The van der Waals surface area contributed by atoms with E-state index in [0.29, 0.717) is 37.8 Å². The lowest BCUT2D eigenvalue weighted by atomic mass is 10.1. The molecular formula is C19H20N4O7S. The maximum atomic E-state index is 12.4. The highest BCUT2D eigenvalue weighted by Crippen LogP contribution is 2.29. The van der Waals surface area contributed by atoms with E-state index in [-0.39, 0.29) is 35.4 Å². The van der Waals surface area contributed by atoms with Crippen LogP contribution in [0.3, 0.4) is 0 Å². The highest BCUT2D eigenvalue weighted by molar-refractivity contribution is 7.91. The molecule has 2 aliphatic heterocycles. The SMILES string of the molecule is N#Cc1nc(-c2ccco2)oc1N1CCN(C(=O)COC(=O)C2CCS(=O)(=O)C2)CC1. The van der Waals surface area contributed by atoms with Gasteiger partial charge in [-0.1, -0.05) is 0 Å². The van der Waals surface area contributed by atoms with Crippen molar-refractivity contribution in [2.45, 2.75) is 6.42 Å². The maximum Gasteiger partial charge on any atom is 0.310 e. The zero-order valence-electron chi connectivity index (χ0n) is 16.5. The van der Waals surface area contributed by atoms with Gasteiger partial charge in [-0.3, -0.25) is 9.59 Å². The molecule has 0 bridgehead atoms. The molecule has 31 heavy (non-hydrogen) atoms. The summed E-state index contributed by atoms with van der Waals surface area (Å²) in [5.74, 6) is -1.04. The average molecular weight is 448 g/mol. The first-order valence-electron chi connectivity index (χ1n) is 9.71. The van der Waals surface area contributed by atoms with Gasteiger partial charge in [0, 0.05) is 26.2 Å². The second-order valence-electron chi connectivity index (χ2n) is 7.34. The fourth-order valence-corrected chi connectivity index (χ4v) is 5.31. The molecule has 2 aromatic rings. The van der Waals surface area contributed by atoms with Gasteiger partial charge in [0.1, 0.15) is 6.07 Å². The van der Waals surface area contributed by atoms with Crippen molar-refractivity contribution in [2.24, 2.45) is 5.92 Å². The van der Waals surface area contributed by atoms with Crippen molar-refractivity contribution in [2.75, 3.05) is 49.2 Å². The Labute approximate surface area is 178 Å². The first-order chi connectivity index (χ1) is 14.9. The Hall–Kier alpha value is -3.33. The van der Waals surface area contributed by atoms with Crippen LogP contribution in [0.2, 0.25) is 0 Å². The van der Waals surface area contributed by atoms with Gasteiger partial charge >= 0.3 is 5.97 Å². The maximum absolute atomic E-state index is 12.4. The van der Waals surface area contributed by atoms with Crippen LogP contribution in [0.5, 0.6) is 0 Å². The second-order valence-corrected chi connectivity index (χ2v) is 9.57. The van der Waals surface area contributed by atoms with Crippen molar-refractivity contribution in [3.8, 4) is 17.7 Å². The van der Waals surface area contributed by atoms with Gasteiger partial charge < -0.3 is 23.4 Å². The van der Waals surface area contributed by atoms with E-state index in [1.54, 1.807) is 17.0 Å². The summed E-state index contributed by atoms with van der Waals surface area (Å²) in [6.07, 6.45) is 1.71.